The Morgan fingerprint density at radius 1 is 1.44 bits per heavy atom. The second-order valence-corrected chi connectivity index (χ2v) is 5.11. The van der Waals surface area contributed by atoms with Gasteiger partial charge in [-0.15, -0.1) is 0 Å². The van der Waals surface area contributed by atoms with E-state index in [0.717, 1.165) is 6.42 Å². The first-order valence-corrected chi connectivity index (χ1v) is 6.28. The zero-order valence-corrected chi connectivity index (χ0v) is 11.2. The molecule has 1 aliphatic heterocycles. The minimum atomic E-state index is -2.36. The zero-order chi connectivity index (χ0) is 13.7. The highest BCUT2D eigenvalue weighted by Crippen LogP contribution is 2.24. The summed E-state index contributed by atoms with van der Waals surface area (Å²) in [5.41, 5.74) is 0. The maximum Gasteiger partial charge on any atom is 0.409 e. The molecule has 1 amide bonds. The molecule has 2 atom stereocenters. The van der Waals surface area contributed by atoms with Gasteiger partial charge < -0.3 is 15.0 Å². The van der Waals surface area contributed by atoms with Crippen LogP contribution >= 0.6 is 0 Å². The molecule has 1 fully saturated rings. The summed E-state index contributed by atoms with van der Waals surface area (Å²) in [7, 11) is 1.34. The number of ether oxygens (including phenoxy) is 1. The van der Waals surface area contributed by atoms with Crippen LogP contribution in [0.5, 0.6) is 0 Å². The van der Waals surface area contributed by atoms with Gasteiger partial charge in [0.2, 0.25) is 0 Å². The van der Waals surface area contributed by atoms with Crippen LogP contribution in [0.15, 0.2) is 0 Å². The van der Waals surface area contributed by atoms with E-state index in [1.807, 2.05) is 0 Å². The summed E-state index contributed by atoms with van der Waals surface area (Å²) in [5, 5.41) is 2.82. The third-order valence-corrected chi connectivity index (χ3v) is 3.42. The Labute approximate surface area is 107 Å². The van der Waals surface area contributed by atoms with Crippen molar-refractivity contribution in [3.63, 3.8) is 0 Å². The largest absolute Gasteiger partial charge is 0.453 e. The maximum absolute atomic E-state index is 12.2. The van der Waals surface area contributed by atoms with Crippen molar-refractivity contribution < 1.29 is 18.3 Å². The lowest BCUT2D eigenvalue weighted by Gasteiger charge is -2.39. The van der Waals surface area contributed by atoms with Crippen LogP contribution in [-0.4, -0.2) is 50.2 Å². The Hall–Kier alpha value is -0.910. The van der Waals surface area contributed by atoms with Crippen LogP contribution in [0.2, 0.25) is 0 Å². The van der Waals surface area contributed by atoms with E-state index in [1.54, 1.807) is 4.90 Å². The molecular weight excluding hydrogens is 242 g/mol. The van der Waals surface area contributed by atoms with Crippen molar-refractivity contribution in [2.45, 2.75) is 32.7 Å². The number of piperidine rings is 1. The summed E-state index contributed by atoms with van der Waals surface area (Å²) in [4.78, 5) is 13.1. The number of likely N-dealkylation sites (tertiary alicyclic amines) is 1. The molecule has 0 aromatic carbocycles. The number of hydrogen-bond donors (Lipinski definition) is 1. The molecule has 6 heteroatoms. The zero-order valence-electron chi connectivity index (χ0n) is 11.2. The minimum Gasteiger partial charge on any atom is -0.453 e. The molecule has 0 aliphatic carbocycles. The van der Waals surface area contributed by atoms with Gasteiger partial charge in [0.25, 0.3) is 6.43 Å². The number of carbonyl (C=O) groups excluding carboxylic acids is 1. The van der Waals surface area contributed by atoms with Gasteiger partial charge in [0, 0.05) is 19.1 Å². The van der Waals surface area contributed by atoms with Crippen molar-refractivity contribution in [1.82, 2.24) is 10.2 Å². The van der Waals surface area contributed by atoms with Crippen LogP contribution in [0.4, 0.5) is 13.6 Å². The summed E-state index contributed by atoms with van der Waals surface area (Å²) in [6, 6.07) is -0.0840. The predicted molar refractivity (Wildman–Crippen MR) is 64.7 cm³/mol. The third kappa shape index (κ3) is 4.40. The predicted octanol–water partition coefficient (Wildman–Crippen LogP) is 1.95. The summed E-state index contributed by atoms with van der Waals surface area (Å²) in [5.74, 6) is 0.723. The van der Waals surface area contributed by atoms with Crippen LogP contribution < -0.4 is 5.32 Å². The molecule has 1 heterocycles. The Kier molecular flexibility index (Phi) is 5.78. The molecule has 4 nitrogen and oxygen atoms in total. The standard InChI is InChI=1S/C12H22F2N2O2/c1-8(2)9-4-10(15-5-11(13)14)7-16(6-9)12(17)18-3/h8-11,15H,4-7H2,1-3H3. The van der Waals surface area contributed by atoms with Crippen LogP contribution in [-0.2, 0) is 4.74 Å². The fourth-order valence-corrected chi connectivity index (χ4v) is 2.30. The number of carbonyl (C=O) groups is 1. The van der Waals surface area contributed by atoms with E-state index < -0.39 is 6.43 Å². The number of methoxy groups -OCH3 is 1. The van der Waals surface area contributed by atoms with E-state index in [1.165, 1.54) is 7.11 Å². The molecule has 0 aromatic heterocycles. The Morgan fingerprint density at radius 2 is 2.11 bits per heavy atom. The molecule has 0 saturated carbocycles. The van der Waals surface area contributed by atoms with Crippen LogP contribution in [0, 0.1) is 11.8 Å². The topological polar surface area (TPSA) is 41.6 Å². The van der Waals surface area contributed by atoms with Gasteiger partial charge in [-0.1, -0.05) is 13.8 Å². The van der Waals surface area contributed by atoms with Crippen LogP contribution in [0.3, 0.4) is 0 Å². The highest BCUT2D eigenvalue weighted by molar-refractivity contribution is 5.67. The molecule has 0 bridgehead atoms. The van der Waals surface area contributed by atoms with Gasteiger partial charge in [-0.05, 0) is 18.3 Å². The van der Waals surface area contributed by atoms with Crippen molar-refractivity contribution in [2.24, 2.45) is 11.8 Å². The van der Waals surface area contributed by atoms with Crippen molar-refractivity contribution >= 4 is 6.09 Å². The summed E-state index contributed by atoms with van der Waals surface area (Å²) in [6.45, 7) is 4.90. The average Bonchev–Trinajstić information content (AvgIpc) is 2.34. The quantitative estimate of drug-likeness (QED) is 0.844. The van der Waals surface area contributed by atoms with Crippen LogP contribution in [0.25, 0.3) is 0 Å². The van der Waals surface area contributed by atoms with Gasteiger partial charge in [0.05, 0.1) is 13.7 Å². The number of rotatable bonds is 4. The number of amides is 1. The fraction of sp³-hybridized carbons (Fsp3) is 0.917. The second-order valence-electron chi connectivity index (χ2n) is 5.11. The van der Waals surface area contributed by atoms with Crippen molar-refractivity contribution in [3.05, 3.63) is 0 Å². The molecule has 0 spiro atoms. The fourth-order valence-electron chi connectivity index (χ4n) is 2.30. The van der Waals surface area contributed by atoms with Crippen molar-refractivity contribution in [1.29, 1.82) is 0 Å². The van der Waals surface area contributed by atoms with Gasteiger partial charge in [-0.2, -0.15) is 0 Å². The molecule has 0 radical (unpaired) electrons. The van der Waals surface area contributed by atoms with Gasteiger partial charge in [-0.3, -0.25) is 0 Å². The molecule has 0 aromatic rings. The number of nitrogens with zero attached hydrogens (tertiary/aromatic N) is 1. The normalized spacial score (nSPS) is 24.7. The average molecular weight is 264 g/mol. The first-order chi connectivity index (χ1) is 8.43. The molecule has 1 saturated heterocycles. The lowest BCUT2D eigenvalue weighted by Crippen LogP contribution is -2.52. The molecular formula is C12H22F2N2O2. The summed E-state index contributed by atoms with van der Waals surface area (Å²) >= 11 is 0. The Balaban J connectivity index is 2.59. The van der Waals surface area contributed by atoms with E-state index >= 15 is 0 Å². The van der Waals surface area contributed by atoms with E-state index in [0.29, 0.717) is 24.9 Å². The molecule has 1 rings (SSSR count). The van der Waals surface area contributed by atoms with E-state index in [4.69, 9.17) is 4.74 Å². The Bertz CT molecular complexity index is 275. The van der Waals surface area contributed by atoms with Crippen molar-refractivity contribution in [2.75, 3.05) is 26.7 Å². The van der Waals surface area contributed by atoms with E-state index in [9.17, 15) is 13.6 Å². The monoisotopic (exact) mass is 264 g/mol. The van der Waals surface area contributed by atoms with E-state index in [-0.39, 0.29) is 18.7 Å². The highest BCUT2D eigenvalue weighted by atomic mass is 19.3. The Morgan fingerprint density at radius 3 is 2.61 bits per heavy atom. The van der Waals surface area contributed by atoms with Crippen LogP contribution in [0.1, 0.15) is 20.3 Å². The summed E-state index contributed by atoms with van der Waals surface area (Å²) in [6.07, 6.45) is -1.93. The smallest absolute Gasteiger partial charge is 0.409 e. The first kappa shape index (κ1) is 15.1. The molecule has 18 heavy (non-hydrogen) atoms. The number of nitrogens with one attached hydrogen (secondary N) is 1. The van der Waals surface area contributed by atoms with Crippen molar-refractivity contribution in [3.8, 4) is 0 Å². The first-order valence-electron chi connectivity index (χ1n) is 6.28. The molecule has 1 aliphatic rings. The second kappa shape index (κ2) is 6.87. The summed E-state index contributed by atoms with van der Waals surface area (Å²) < 4.78 is 29.1. The minimum absolute atomic E-state index is 0.0840. The van der Waals surface area contributed by atoms with E-state index in [2.05, 4.69) is 19.2 Å². The third-order valence-electron chi connectivity index (χ3n) is 3.42. The van der Waals surface area contributed by atoms with Gasteiger partial charge in [-0.25, -0.2) is 13.6 Å². The SMILES string of the molecule is COC(=O)N1CC(NCC(F)F)CC(C(C)C)C1. The van der Waals surface area contributed by atoms with Gasteiger partial charge >= 0.3 is 6.09 Å². The molecule has 1 N–H and O–H groups in total. The number of alkyl halides is 2. The number of halogens is 2. The lowest BCUT2D eigenvalue weighted by molar-refractivity contribution is 0.0744. The maximum atomic E-state index is 12.2. The highest BCUT2D eigenvalue weighted by Gasteiger charge is 2.31. The molecule has 2 unspecified atom stereocenters. The molecule has 106 valence electrons. The van der Waals surface area contributed by atoms with Gasteiger partial charge in [0.1, 0.15) is 0 Å². The number of hydrogen-bond acceptors (Lipinski definition) is 3. The lowest BCUT2D eigenvalue weighted by atomic mass is 9.85. The van der Waals surface area contributed by atoms with Gasteiger partial charge in [0.15, 0.2) is 0 Å².